The molecule has 2 aromatic carbocycles. The third-order valence-corrected chi connectivity index (χ3v) is 30.3. The Hall–Kier alpha value is -5.10. The number of ketones is 2. The summed E-state index contributed by atoms with van der Waals surface area (Å²) < 4.78 is 87.4. The maximum absolute atomic E-state index is 15.2. The second kappa shape index (κ2) is 36.9. The van der Waals surface area contributed by atoms with Gasteiger partial charge in [-0.1, -0.05) is 99.5 Å². The van der Waals surface area contributed by atoms with Crippen molar-refractivity contribution in [1.82, 2.24) is 14.9 Å². The van der Waals surface area contributed by atoms with Gasteiger partial charge >= 0.3 is 11.9 Å². The van der Waals surface area contributed by atoms with Crippen molar-refractivity contribution in [2.45, 2.75) is 305 Å². The van der Waals surface area contributed by atoms with Crippen LogP contribution in [-0.2, 0) is 85.5 Å². The average Bonchev–Trinajstić information content (AvgIpc) is 1.56. The lowest BCUT2D eigenvalue weighted by Crippen LogP contribution is -2.59. The number of esters is 2. The highest BCUT2D eigenvalue weighted by Crippen LogP contribution is 2.65. The Kier molecular flexibility index (Phi) is 27.6. The molecule has 31 atom stereocenters. The molecular formula is C90H125N3O19S2. The number of thiazole rings is 2. The molecular weight excluding hydrogens is 1490 g/mol. The van der Waals surface area contributed by atoms with Crippen molar-refractivity contribution in [3.05, 3.63) is 104 Å². The maximum atomic E-state index is 15.2. The van der Waals surface area contributed by atoms with Crippen molar-refractivity contribution in [3.63, 3.8) is 0 Å². The van der Waals surface area contributed by atoms with Crippen molar-refractivity contribution >= 4 is 46.2 Å². The molecule has 7 fully saturated rings. The maximum Gasteiger partial charge on any atom is 0.306 e. The van der Waals surface area contributed by atoms with Crippen LogP contribution in [-0.4, -0.2) is 217 Å². The zero-order chi connectivity index (χ0) is 80.8. The first kappa shape index (κ1) is 85.3. The van der Waals surface area contributed by atoms with Gasteiger partial charge in [-0.2, -0.15) is 0 Å². The summed E-state index contributed by atoms with van der Waals surface area (Å²) in [6.45, 7) is 18.2. The van der Waals surface area contributed by atoms with Crippen molar-refractivity contribution in [3.8, 4) is 21.1 Å². The number of benzene rings is 2. The van der Waals surface area contributed by atoms with Gasteiger partial charge in [0, 0.05) is 117 Å². The number of carbonyl (C=O) groups excluding carboxylic acids is 4. The number of aryl methyl sites for hydroxylation is 2. The summed E-state index contributed by atoms with van der Waals surface area (Å²) in [5.74, 6) is -2.08. The molecule has 0 amide bonds. The molecule has 626 valence electrons. The molecule has 0 radical (unpaired) electrons. The van der Waals surface area contributed by atoms with E-state index in [2.05, 4.69) is 107 Å². The van der Waals surface area contributed by atoms with Gasteiger partial charge in [-0.25, -0.2) is 9.97 Å². The number of cyclic esters (lactones) is 2. The van der Waals surface area contributed by atoms with Gasteiger partial charge in [0.15, 0.2) is 30.4 Å². The number of carbonyl (C=O) groups is 4. The van der Waals surface area contributed by atoms with E-state index in [-0.39, 0.29) is 169 Å². The summed E-state index contributed by atoms with van der Waals surface area (Å²) in [5, 5.41) is 13.1. The number of methoxy groups -OCH3 is 6. The van der Waals surface area contributed by atoms with Crippen LogP contribution in [0.4, 0.5) is 0 Å². The first-order valence-electron chi connectivity index (χ1n) is 42.4. The number of Topliss-reactive ketones (excluding diaryl/α,β-unsaturated/α-hetero) is 2. The molecule has 6 aliphatic carbocycles. The number of likely N-dealkylation sites (N-methyl/N-ethyl adjacent to an activating group) is 1. The molecule has 1 N–H and O–H groups in total. The Morgan fingerprint density at radius 3 is 1.33 bits per heavy atom. The molecule has 7 heterocycles. The fraction of sp³-hybridized carbons (Fsp3) is 0.711. The molecule has 0 spiro atoms. The Morgan fingerprint density at radius 1 is 0.491 bits per heavy atom. The summed E-state index contributed by atoms with van der Waals surface area (Å²) in [6, 6.07) is 17.3. The number of hydrogen-bond donors (Lipinski definition) is 1. The van der Waals surface area contributed by atoms with E-state index in [1.165, 1.54) is 20.9 Å². The molecule has 2 aromatic heterocycles. The van der Waals surface area contributed by atoms with Crippen molar-refractivity contribution < 1.29 is 90.6 Å². The standard InChI is InChI=1S/C49H70N2O10S.C41H55NO9S/c1-11-30-13-12-14-38(61-40-20-19-37(51(6)7)27(4)57-40)26(3)43(53)35-23-33-32-21-31(60-49-46(56-10)45(55-9)44(54-8)28(5)58-49)22-36(32)47-42(41(33)34(35)24-39(52)59-30)50-48(62-47)29-17-15-25(2)16-18-29;1-8-24-10-9-11-31(43)21(3)35(45)29-18-27-26-16-25(51-41-38(48-7)37(47-6)36(46-5)22(4)49-41)17-30(26)39-34(33(27)28(29)19-32(44)50-24)42-40(52-39)23-14-12-20(2)13-15-23/h15-18,23,26-28,30-34,36-38,40-41,44-46,49H,11-14,19-22,24H2,1-10H3;12-15,18,21-22,24-28,30-31,33,36-38,41,43H,8-11,16-17,19H2,1-7H3/t26-,27?,28?,30+,31+,32+,33+,34-,36-,37+,38+,40+,41-,44+,45?,46+,49+;21-,22?,24+,25+,26+,27+,28-,30-,31+,33-,36+,37?,38+,41+/m11/s1. The lowest BCUT2D eigenvalue weighted by atomic mass is 9.67. The Labute approximate surface area is 682 Å². The second-order valence-electron chi connectivity index (χ2n) is 34.8. The number of aliphatic hydroxyl groups excluding tert-OH is 1. The van der Waals surface area contributed by atoms with E-state index in [1.54, 1.807) is 65.3 Å². The number of aromatic nitrogens is 2. The van der Waals surface area contributed by atoms with Gasteiger partial charge in [0.2, 0.25) is 0 Å². The lowest BCUT2D eigenvalue weighted by molar-refractivity contribution is -0.314. The fourth-order valence-electron chi connectivity index (χ4n) is 21.7. The van der Waals surface area contributed by atoms with Crippen molar-refractivity contribution in [2.24, 2.45) is 47.3 Å². The lowest BCUT2D eigenvalue weighted by Gasteiger charge is -2.44. The van der Waals surface area contributed by atoms with Gasteiger partial charge in [-0.3, -0.25) is 19.2 Å². The van der Waals surface area contributed by atoms with Gasteiger partial charge in [0.25, 0.3) is 0 Å². The van der Waals surface area contributed by atoms with Gasteiger partial charge in [-0.15, -0.1) is 22.7 Å². The number of ether oxygens (including phenoxy) is 14. The van der Waals surface area contributed by atoms with Crippen molar-refractivity contribution in [2.75, 3.05) is 56.8 Å². The molecule has 5 unspecified atom stereocenters. The van der Waals surface area contributed by atoms with E-state index in [1.807, 2.05) is 34.6 Å². The van der Waals surface area contributed by atoms with E-state index < -0.39 is 48.6 Å². The normalized spacial score (nSPS) is 39.8. The molecule has 11 aliphatic rings. The highest BCUT2D eigenvalue weighted by molar-refractivity contribution is 7.15. The highest BCUT2D eigenvalue weighted by atomic mass is 32.1. The zero-order valence-electron chi connectivity index (χ0n) is 69.9. The number of rotatable bonds is 17. The minimum Gasteiger partial charge on any atom is -0.462 e. The fourth-order valence-corrected chi connectivity index (χ4v) is 24.3. The van der Waals surface area contributed by atoms with E-state index in [0.29, 0.717) is 43.7 Å². The molecule has 0 bridgehead atoms. The number of hydrogen-bond acceptors (Lipinski definition) is 24. The van der Waals surface area contributed by atoms with E-state index in [4.69, 9.17) is 76.3 Å². The van der Waals surface area contributed by atoms with Gasteiger partial charge in [0.05, 0.1) is 67.0 Å². The second-order valence-corrected chi connectivity index (χ2v) is 36.9. The molecule has 24 heteroatoms. The van der Waals surface area contributed by atoms with Crippen molar-refractivity contribution in [1.29, 1.82) is 0 Å². The predicted molar refractivity (Wildman–Crippen MR) is 432 cm³/mol. The monoisotopic (exact) mass is 1620 g/mol. The van der Waals surface area contributed by atoms with Crippen LogP contribution in [0, 0.1) is 61.2 Å². The van der Waals surface area contributed by atoms with Crippen LogP contribution in [0.3, 0.4) is 0 Å². The third-order valence-electron chi connectivity index (χ3n) is 27.8. The van der Waals surface area contributed by atoms with Crippen LogP contribution in [0.5, 0.6) is 0 Å². The summed E-state index contributed by atoms with van der Waals surface area (Å²) in [7, 11) is 14.1. The van der Waals surface area contributed by atoms with Gasteiger partial charge in [0.1, 0.15) is 58.8 Å². The van der Waals surface area contributed by atoms with E-state index in [0.717, 1.165) is 95.9 Å². The first-order chi connectivity index (χ1) is 54.9. The van der Waals surface area contributed by atoms with Gasteiger partial charge in [-0.05, 0) is 173 Å². The largest absolute Gasteiger partial charge is 0.462 e. The minimum absolute atomic E-state index is 0.0105. The highest BCUT2D eigenvalue weighted by Gasteiger charge is 2.60. The first-order valence-corrected chi connectivity index (χ1v) is 44.0. The molecule has 5 saturated heterocycles. The van der Waals surface area contributed by atoms with Crippen LogP contribution in [0.2, 0.25) is 0 Å². The topological polar surface area (TPSA) is 247 Å². The minimum atomic E-state index is -0.760. The Morgan fingerprint density at radius 2 is 0.921 bits per heavy atom. The molecule has 15 rings (SSSR count). The number of allylic oxidation sites excluding steroid dienone is 4. The van der Waals surface area contributed by atoms with Crippen LogP contribution in [0.15, 0.2) is 71.8 Å². The summed E-state index contributed by atoms with van der Waals surface area (Å²) in [5.41, 5.74) is 7.84. The molecule has 2 saturated carbocycles. The summed E-state index contributed by atoms with van der Waals surface area (Å²) >= 11 is 3.48. The summed E-state index contributed by atoms with van der Waals surface area (Å²) in [4.78, 5) is 72.8. The number of fused-ring (bicyclic) bond motifs is 16. The van der Waals surface area contributed by atoms with Crippen LogP contribution in [0.25, 0.3) is 21.1 Å². The number of aliphatic hydroxyl groups is 1. The smallest absolute Gasteiger partial charge is 0.306 e. The molecule has 114 heavy (non-hydrogen) atoms. The third kappa shape index (κ3) is 17.2. The van der Waals surface area contributed by atoms with Crippen LogP contribution >= 0.6 is 22.7 Å². The number of nitrogens with zero attached hydrogens (tertiary/aromatic N) is 3. The SMILES string of the molecule is CC[C@H]1CCC[C@H](O)[C@@H](C)C(=O)C2=C[C@H]3[C@@H]4C[C@H](O[C@@H]5OC(C)[C@H](OC)C(OC)[C@@H]5OC)C[C@H]4c4sc(-c5ccc(C)cc5)nc4[C@H]3[C@@H]2CC(=O)O1.CC[C@H]1CCC[C@H](O[C@H]2CC[C@H](N(C)C)C(C)O2)[C@@H](C)C(=O)C2=C[C@H]3[C@@H]4C[C@H](O[C@@H]5OC(C)[C@H](OC)C(OC)[C@@H]5OC)C[C@H]4c4sc(-c5ccc(C)cc5)nc4[C@H]3[C@@H]2CC(=O)O1. The quantitative estimate of drug-likeness (QED) is 0.0965. The van der Waals surface area contributed by atoms with Gasteiger partial charge < -0.3 is 76.3 Å². The van der Waals surface area contributed by atoms with E-state index in [9.17, 15) is 19.5 Å². The molecule has 22 nitrogen and oxygen atoms in total. The van der Waals surface area contributed by atoms with Crippen LogP contribution < -0.4 is 0 Å². The Bertz CT molecular complexity index is 4030. The zero-order valence-corrected chi connectivity index (χ0v) is 71.6. The predicted octanol–water partition coefficient (Wildman–Crippen LogP) is 14.5. The summed E-state index contributed by atoms with van der Waals surface area (Å²) in [6.07, 6.45) is 8.54. The van der Waals surface area contributed by atoms with Crippen LogP contribution in [0.1, 0.15) is 207 Å². The van der Waals surface area contributed by atoms with E-state index >= 15 is 4.79 Å². The average molecular weight is 1620 g/mol. The Balaban J connectivity index is 0.000000192. The molecule has 4 aromatic rings. The molecule has 5 aliphatic heterocycles.